The van der Waals surface area contributed by atoms with Gasteiger partial charge >= 0.3 is 12.0 Å². The van der Waals surface area contributed by atoms with Crippen LogP contribution in [0.1, 0.15) is 57.8 Å². The molecule has 0 atom stereocenters. The van der Waals surface area contributed by atoms with Crippen molar-refractivity contribution in [3.8, 4) is 0 Å². The summed E-state index contributed by atoms with van der Waals surface area (Å²) in [5, 5.41) is 14.7. The van der Waals surface area contributed by atoms with E-state index in [1.165, 1.54) is 32.1 Å². The zero-order chi connectivity index (χ0) is 14.4. The monoisotopic (exact) mass is 282 g/mol. The van der Waals surface area contributed by atoms with Gasteiger partial charge in [0, 0.05) is 13.1 Å². The minimum absolute atomic E-state index is 0.232. The van der Waals surface area contributed by atoms with Crippen molar-refractivity contribution in [2.24, 2.45) is 11.3 Å². The second kappa shape index (κ2) is 6.95. The van der Waals surface area contributed by atoms with Gasteiger partial charge in [0.05, 0.1) is 5.41 Å². The van der Waals surface area contributed by atoms with E-state index in [0.29, 0.717) is 19.4 Å². The van der Waals surface area contributed by atoms with Crippen LogP contribution in [0.5, 0.6) is 0 Å². The number of nitrogens with one attached hydrogen (secondary N) is 2. The molecule has 0 saturated heterocycles. The van der Waals surface area contributed by atoms with E-state index in [0.717, 1.165) is 18.8 Å². The van der Waals surface area contributed by atoms with Gasteiger partial charge in [-0.1, -0.05) is 32.1 Å². The van der Waals surface area contributed by atoms with Gasteiger partial charge in [0.1, 0.15) is 0 Å². The Kier molecular flexibility index (Phi) is 5.26. The maximum absolute atomic E-state index is 11.6. The number of hydrogen-bond acceptors (Lipinski definition) is 2. The van der Waals surface area contributed by atoms with Crippen LogP contribution in [0.2, 0.25) is 0 Å². The molecule has 2 aliphatic rings. The number of carboxylic acids is 1. The van der Waals surface area contributed by atoms with Crippen LogP contribution in [-0.2, 0) is 4.79 Å². The quantitative estimate of drug-likeness (QED) is 0.628. The Balaban J connectivity index is 1.55. The number of carbonyl (C=O) groups is 2. The molecule has 2 saturated carbocycles. The molecule has 114 valence electrons. The molecule has 0 aliphatic heterocycles. The fourth-order valence-electron chi connectivity index (χ4n) is 3.27. The first kappa shape index (κ1) is 15.1. The Morgan fingerprint density at radius 3 is 2.35 bits per heavy atom. The fraction of sp³-hybridized carbons (Fsp3) is 0.867. The zero-order valence-corrected chi connectivity index (χ0v) is 12.1. The molecule has 2 fully saturated rings. The fourth-order valence-corrected chi connectivity index (χ4v) is 3.27. The van der Waals surface area contributed by atoms with Crippen molar-refractivity contribution in [2.75, 3.05) is 13.1 Å². The van der Waals surface area contributed by atoms with Gasteiger partial charge in [-0.3, -0.25) is 4.79 Å². The van der Waals surface area contributed by atoms with E-state index in [-0.39, 0.29) is 12.6 Å². The Morgan fingerprint density at radius 1 is 1.10 bits per heavy atom. The molecule has 3 N–H and O–H groups in total. The third kappa shape index (κ3) is 3.87. The van der Waals surface area contributed by atoms with Crippen LogP contribution >= 0.6 is 0 Å². The van der Waals surface area contributed by atoms with E-state index in [1.807, 2.05) is 0 Å². The second-order valence-electron chi connectivity index (χ2n) is 6.34. The first-order valence-corrected chi connectivity index (χ1v) is 7.87. The van der Waals surface area contributed by atoms with Gasteiger partial charge in [-0.25, -0.2) is 4.79 Å². The highest BCUT2D eigenvalue weighted by molar-refractivity contribution is 5.78. The van der Waals surface area contributed by atoms with Crippen LogP contribution in [0.15, 0.2) is 0 Å². The number of hydrogen-bond donors (Lipinski definition) is 3. The number of urea groups is 1. The maximum Gasteiger partial charge on any atom is 0.314 e. The average molecular weight is 282 g/mol. The normalized spacial score (nSPS) is 21.2. The number of carbonyl (C=O) groups excluding carboxylic acids is 1. The van der Waals surface area contributed by atoms with Crippen LogP contribution in [0.3, 0.4) is 0 Å². The van der Waals surface area contributed by atoms with Crippen molar-refractivity contribution in [1.29, 1.82) is 0 Å². The molecule has 0 aromatic heterocycles. The lowest BCUT2D eigenvalue weighted by molar-refractivity contribution is -0.153. The minimum Gasteiger partial charge on any atom is -0.481 e. The van der Waals surface area contributed by atoms with E-state index in [1.54, 1.807) is 0 Å². The highest BCUT2D eigenvalue weighted by atomic mass is 16.4. The highest BCUT2D eigenvalue weighted by Crippen LogP contribution is 2.40. The van der Waals surface area contributed by atoms with Crippen LogP contribution in [0.25, 0.3) is 0 Å². The summed E-state index contributed by atoms with van der Waals surface area (Å²) in [6.45, 7) is 0.930. The molecule has 0 bridgehead atoms. The van der Waals surface area contributed by atoms with Gasteiger partial charge in [-0.05, 0) is 31.6 Å². The predicted octanol–water partition coefficient (Wildman–Crippen LogP) is 2.51. The lowest BCUT2D eigenvalue weighted by Gasteiger charge is -2.37. The molecule has 0 unspecified atom stereocenters. The maximum atomic E-state index is 11.6. The van der Waals surface area contributed by atoms with Crippen LogP contribution in [0, 0.1) is 11.3 Å². The number of aliphatic carboxylic acids is 1. The number of carboxylic acid groups (broad SMARTS) is 1. The molecule has 0 aromatic rings. The number of rotatable bonds is 7. The van der Waals surface area contributed by atoms with E-state index in [2.05, 4.69) is 10.6 Å². The smallest absolute Gasteiger partial charge is 0.314 e. The largest absolute Gasteiger partial charge is 0.481 e. The summed E-state index contributed by atoms with van der Waals surface area (Å²) in [5.41, 5.74) is -0.707. The SMILES string of the molecule is O=C(NCCCC1CCCC1)NCC1(C(=O)O)CCC1. The summed E-state index contributed by atoms with van der Waals surface area (Å²) >= 11 is 0. The minimum atomic E-state index is -0.787. The van der Waals surface area contributed by atoms with Crippen molar-refractivity contribution in [1.82, 2.24) is 10.6 Å². The topological polar surface area (TPSA) is 78.4 Å². The van der Waals surface area contributed by atoms with Crippen molar-refractivity contribution < 1.29 is 14.7 Å². The third-order valence-electron chi connectivity index (χ3n) is 4.90. The molecule has 0 radical (unpaired) electrons. The average Bonchev–Trinajstić information content (AvgIpc) is 2.86. The van der Waals surface area contributed by atoms with Gasteiger partial charge in [0.15, 0.2) is 0 Å². The van der Waals surface area contributed by atoms with Crippen molar-refractivity contribution >= 4 is 12.0 Å². The highest BCUT2D eigenvalue weighted by Gasteiger charge is 2.44. The summed E-state index contributed by atoms with van der Waals surface area (Å²) in [6.07, 6.45) is 9.89. The Morgan fingerprint density at radius 2 is 1.80 bits per heavy atom. The lowest BCUT2D eigenvalue weighted by Crippen LogP contribution is -2.49. The molecule has 2 aliphatic carbocycles. The van der Waals surface area contributed by atoms with Gasteiger partial charge in [0.2, 0.25) is 0 Å². The Bertz CT molecular complexity index is 347. The van der Waals surface area contributed by atoms with Gasteiger partial charge in [0.25, 0.3) is 0 Å². The van der Waals surface area contributed by atoms with E-state index in [9.17, 15) is 9.59 Å². The molecule has 0 aromatic carbocycles. The Labute approximate surface area is 120 Å². The molecule has 20 heavy (non-hydrogen) atoms. The first-order chi connectivity index (χ1) is 9.62. The molecule has 5 nitrogen and oxygen atoms in total. The lowest BCUT2D eigenvalue weighted by atomic mass is 9.69. The van der Waals surface area contributed by atoms with Crippen LogP contribution in [-0.4, -0.2) is 30.2 Å². The van der Waals surface area contributed by atoms with E-state index >= 15 is 0 Å². The third-order valence-corrected chi connectivity index (χ3v) is 4.90. The molecule has 2 amide bonds. The van der Waals surface area contributed by atoms with Crippen molar-refractivity contribution in [3.63, 3.8) is 0 Å². The summed E-state index contributed by atoms with van der Waals surface area (Å²) in [7, 11) is 0. The summed E-state index contributed by atoms with van der Waals surface area (Å²) in [6, 6.07) is -0.232. The van der Waals surface area contributed by atoms with Gasteiger partial charge < -0.3 is 15.7 Å². The van der Waals surface area contributed by atoms with Crippen LogP contribution < -0.4 is 10.6 Å². The predicted molar refractivity (Wildman–Crippen MR) is 76.5 cm³/mol. The zero-order valence-electron chi connectivity index (χ0n) is 12.1. The summed E-state index contributed by atoms with van der Waals surface area (Å²) in [5.74, 6) is 0.0652. The van der Waals surface area contributed by atoms with Crippen molar-refractivity contribution in [3.05, 3.63) is 0 Å². The molecule has 5 heteroatoms. The summed E-state index contributed by atoms with van der Waals surface area (Å²) < 4.78 is 0. The Hall–Kier alpha value is -1.26. The second-order valence-corrected chi connectivity index (χ2v) is 6.34. The molecular weight excluding hydrogens is 256 g/mol. The van der Waals surface area contributed by atoms with Crippen molar-refractivity contribution in [2.45, 2.75) is 57.8 Å². The first-order valence-electron chi connectivity index (χ1n) is 7.87. The standard InChI is InChI=1S/C15H26N2O3/c18-13(19)15(8-4-9-15)11-17-14(20)16-10-3-7-12-5-1-2-6-12/h12H,1-11H2,(H,18,19)(H2,16,17,20). The van der Waals surface area contributed by atoms with Gasteiger partial charge in [-0.15, -0.1) is 0 Å². The molecule has 2 rings (SSSR count). The van der Waals surface area contributed by atoms with Crippen LogP contribution in [0.4, 0.5) is 4.79 Å². The molecule has 0 heterocycles. The van der Waals surface area contributed by atoms with Gasteiger partial charge in [-0.2, -0.15) is 0 Å². The molecule has 0 spiro atoms. The van der Waals surface area contributed by atoms with E-state index < -0.39 is 11.4 Å². The van der Waals surface area contributed by atoms with E-state index in [4.69, 9.17) is 5.11 Å². The molecular formula is C15H26N2O3. The summed E-state index contributed by atoms with van der Waals surface area (Å²) in [4.78, 5) is 22.8. The number of amides is 2.